The zero-order chi connectivity index (χ0) is 15.6. The van der Waals surface area contributed by atoms with E-state index in [9.17, 15) is 0 Å². The van der Waals surface area contributed by atoms with Crippen molar-refractivity contribution in [3.8, 4) is 5.75 Å². The molecule has 0 saturated carbocycles. The van der Waals surface area contributed by atoms with Gasteiger partial charge in [-0.25, -0.2) is 0 Å². The molecule has 0 radical (unpaired) electrons. The summed E-state index contributed by atoms with van der Waals surface area (Å²) in [6.45, 7) is 6.05. The molecule has 1 heterocycles. The van der Waals surface area contributed by atoms with Gasteiger partial charge in [0.25, 0.3) is 0 Å². The first-order chi connectivity index (χ1) is 10.7. The second-order valence-corrected chi connectivity index (χ2v) is 5.56. The molecular formula is C18H25NO3. The number of hydrogen-bond acceptors (Lipinski definition) is 4. The van der Waals surface area contributed by atoms with Crippen molar-refractivity contribution in [3.05, 3.63) is 47.3 Å². The van der Waals surface area contributed by atoms with Gasteiger partial charge in [-0.15, -0.1) is 0 Å². The number of ether oxygens (including phenoxy) is 2. The molecule has 0 spiro atoms. The van der Waals surface area contributed by atoms with Gasteiger partial charge in [0.15, 0.2) is 0 Å². The Morgan fingerprint density at radius 1 is 0.955 bits per heavy atom. The highest BCUT2D eigenvalue weighted by atomic mass is 16.5. The zero-order valence-electron chi connectivity index (χ0n) is 13.5. The molecule has 22 heavy (non-hydrogen) atoms. The van der Waals surface area contributed by atoms with Crippen LogP contribution >= 0.6 is 0 Å². The largest absolute Gasteiger partial charge is 0.494 e. The van der Waals surface area contributed by atoms with Crippen LogP contribution in [0.15, 0.2) is 34.9 Å². The van der Waals surface area contributed by atoms with E-state index in [0.717, 1.165) is 56.1 Å². The van der Waals surface area contributed by atoms with Crippen LogP contribution < -0.4 is 4.74 Å². The lowest BCUT2D eigenvalue weighted by Gasteiger charge is -2.06. The van der Waals surface area contributed by atoms with Crippen molar-refractivity contribution in [2.24, 2.45) is 0 Å². The van der Waals surface area contributed by atoms with E-state index < -0.39 is 0 Å². The summed E-state index contributed by atoms with van der Waals surface area (Å²) in [4.78, 5) is 0. The molecule has 0 aliphatic heterocycles. The molecule has 1 aromatic carbocycles. The van der Waals surface area contributed by atoms with Crippen molar-refractivity contribution in [2.75, 3.05) is 13.2 Å². The van der Waals surface area contributed by atoms with E-state index in [1.54, 1.807) is 0 Å². The number of aryl methyl sites for hydroxylation is 2. The molecule has 0 amide bonds. The minimum absolute atomic E-state index is 0.536. The Morgan fingerprint density at radius 3 is 2.36 bits per heavy atom. The van der Waals surface area contributed by atoms with Gasteiger partial charge in [0.1, 0.15) is 17.2 Å². The fourth-order valence-electron chi connectivity index (χ4n) is 2.15. The summed E-state index contributed by atoms with van der Waals surface area (Å²) in [5, 5.41) is 3.89. The summed E-state index contributed by atoms with van der Waals surface area (Å²) in [6.07, 6.45) is 4.48. The van der Waals surface area contributed by atoms with Gasteiger partial charge in [0.05, 0.1) is 13.2 Å². The first kappa shape index (κ1) is 16.6. The number of nitrogens with zero attached hydrogens (tertiary/aromatic N) is 1. The Labute approximate surface area is 132 Å². The minimum Gasteiger partial charge on any atom is -0.494 e. The maximum absolute atomic E-state index is 5.70. The molecule has 1 aromatic heterocycles. The van der Waals surface area contributed by atoms with Crippen LogP contribution in [0.25, 0.3) is 0 Å². The monoisotopic (exact) mass is 303 g/mol. The van der Waals surface area contributed by atoms with E-state index >= 15 is 0 Å². The summed E-state index contributed by atoms with van der Waals surface area (Å²) in [6, 6.07) is 10.1. The highest BCUT2D eigenvalue weighted by molar-refractivity contribution is 5.26. The molecule has 0 fully saturated rings. The van der Waals surface area contributed by atoms with Gasteiger partial charge in [-0.3, -0.25) is 0 Å². The summed E-state index contributed by atoms with van der Waals surface area (Å²) >= 11 is 0. The third-order valence-electron chi connectivity index (χ3n) is 3.40. The minimum atomic E-state index is 0.536. The summed E-state index contributed by atoms with van der Waals surface area (Å²) in [5.41, 5.74) is 2.12. The van der Waals surface area contributed by atoms with Gasteiger partial charge in [0.2, 0.25) is 0 Å². The number of hydrogen-bond donors (Lipinski definition) is 0. The fourth-order valence-corrected chi connectivity index (χ4v) is 2.15. The third-order valence-corrected chi connectivity index (χ3v) is 3.40. The summed E-state index contributed by atoms with van der Waals surface area (Å²) in [5.74, 6) is 1.78. The lowest BCUT2D eigenvalue weighted by molar-refractivity contribution is 0.111. The second kappa shape index (κ2) is 9.26. The Hall–Kier alpha value is -1.81. The predicted octanol–water partition coefficient (Wildman–Crippen LogP) is 4.45. The van der Waals surface area contributed by atoms with E-state index in [0.29, 0.717) is 6.61 Å². The van der Waals surface area contributed by atoms with Crippen LogP contribution in [0.3, 0.4) is 0 Å². The molecule has 0 atom stereocenters. The van der Waals surface area contributed by atoms with Crippen LogP contribution in [0.4, 0.5) is 0 Å². The predicted molar refractivity (Wildman–Crippen MR) is 86.0 cm³/mol. The lowest BCUT2D eigenvalue weighted by atomic mass is 10.2. The standard InChI is InChI=1S/C18H25NO3/c1-15-7-9-18(10-8-15)21-12-6-4-3-5-11-20-14-17-13-16(2)22-19-17/h7-10,13H,3-6,11-12,14H2,1-2H3. The van der Waals surface area contributed by atoms with E-state index in [1.807, 2.05) is 25.1 Å². The van der Waals surface area contributed by atoms with Crippen molar-refractivity contribution < 1.29 is 14.0 Å². The molecule has 2 rings (SSSR count). The Kier molecular flexibility index (Phi) is 6.97. The number of aromatic nitrogens is 1. The number of unbranched alkanes of at least 4 members (excludes halogenated alkanes) is 3. The normalized spacial score (nSPS) is 10.8. The van der Waals surface area contributed by atoms with Crippen LogP contribution in [0, 0.1) is 13.8 Å². The van der Waals surface area contributed by atoms with Crippen molar-refractivity contribution >= 4 is 0 Å². The molecule has 0 bridgehead atoms. The number of rotatable bonds is 10. The average Bonchev–Trinajstić information content (AvgIpc) is 2.93. The van der Waals surface area contributed by atoms with Crippen LogP contribution in [0.5, 0.6) is 5.75 Å². The highest BCUT2D eigenvalue weighted by Crippen LogP contribution is 2.12. The van der Waals surface area contributed by atoms with Crippen LogP contribution in [0.1, 0.15) is 42.7 Å². The van der Waals surface area contributed by atoms with Crippen LogP contribution in [-0.2, 0) is 11.3 Å². The van der Waals surface area contributed by atoms with Gasteiger partial charge in [0, 0.05) is 12.7 Å². The molecule has 0 N–H and O–H groups in total. The molecule has 0 unspecified atom stereocenters. The van der Waals surface area contributed by atoms with Gasteiger partial charge >= 0.3 is 0 Å². The van der Waals surface area contributed by atoms with Gasteiger partial charge in [-0.05, 0) is 45.2 Å². The topological polar surface area (TPSA) is 44.5 Å². The number of benzene rings is 1. The van der Waals surface area contributed by atoms with Crippen LogP contribution in [-0.4, -0.2) is 18.4 Å². The van der Waals surface area contributed by atoms with Crippen molar-refractivity contribution in [2.45, 2.75) is 46.1 Å². The average molecular weight is 303 g/mol. The molecule has 0 saturated heterocycles. The third kappa shape index (κ3) is 6.31. The van der Waals surface area contributed by atoms with E-state index in [2.05, 4.69) is 24.2 Å². The molecule has 4 nitrogen and oxygen atoms in total. The van der Waals surface area contributed by atoms with E-state index in [-0.39, 0.29) is 0 Å². The second-order valence-electron chi connectivity index (χ2n) is 5.56. The Bertz CT molecular complexity index is 534. The quantitative estimate of drug-likeness (QED) is 0.608. The molecule has 0 aliphatic rings. The Morgan fingerprint density at radius 2 is 1.68 bits per heavy atom. The van der Waals surface area contributed by atoms with Crippen LogP contribution in [0.2, 0.25) is 0 Å². The smallest absolute Gasteiger partial charge is 0.134 e. The van der Waals surface area contributed by atoms with Crippen molar-refractivity contribution in [3.63, 3.8) is 0 Å². The fraction of sp³-hybridized carbons (Fsp3) is 0.500. The summed E-state index contributed by atoms with van der Waals surface area (Å²) in [7, 11) is 0. The molecule has 4 heteroatoms. The molecule has 0 aliphatic carbocycles. The maximum atomic E-state index is 5.70. The van der Waals surface area contributed by atoms with Crippen molar-refractivity contribution in [1.82, 2.24) is 5.16 Å². The van der Waals surface area contributed by atoms with Gasteiger partial charge in [-0.1, -0.05) is 29.3 Å². The summed E-state index contributed by atoms with van der Waals surface area (Å²) < 4.78 is 16.3. The Balaban J connectivity index is 1.42. The van der Waals surface area contributed by atoms with E-state index in [1.165, 1.54) is 5.56 Å². The van der Waals surface area contributed by atoms with Gasteiger partial charge in [-0.2, -0.15) is 0 Å². The highest BCUT2D eigenvalue weighted by Gasteiger charge is 2.00. The lowest BCUT2D eigenvalue weighted by Crippen LogP contribution is -1.99. The van der Waals surface area contributed by atoms with Crippen molar-refractivity contribution in [1.29, 1.82) is 0 Å². The van der Waals surface area contributed by atoms with E-state index in [4.69, 9.17) is 14.0 Å². The first-order valence-corrected chi connectivity index (χ1v) is 7.93. The maximum Gasteiger partial charge on any atom is 0.134 e. The van der Waals surface area contributed by atoms with Gasteiger partial charge < -0.3 is 14.0 Å². The molecular weight excluding hydrogens is 278 g/mol. The first-order valence-electron chi connectivity index (χ1n) is 7.93. The molecule has 120 valence electrons. The zero-order valence-corrected chi connectivity index (χ0v) is 13.5. The molecule has 2 aromatic rings. The SMILES string of the molecule is Cc1ccc(OCCCCCCOCc2cc(C)on2)cc1.